The van der Waals surface area contributed by atoms with Gasteiger partial charge in [-0.15, -0.1) is 11.6 Å². The van der Waals surface area contributed by atoms with Crippen LogP contribution in [0.2, 0.25) is 0 Å². The average molecular weight is 254 g/mol. The number of hydrogen-bond donors (Lipinski definition) is 1. The predicted octanol–water partition coefficient (Wildman–Crippen LogP) is 1.97. The summed E-state index contributed by atoms with van der Waals surface area (Å²) in [6.07, 6.45) is 3.53. The van der Waals surface area contributed by atoms with Crippen molar-refractivity contribution in [1.29, 1.82) is 0 Å². The molecular weight excluding hydrogens is 234 g/mol. The lowest BCUT2D eigenvalue weighted by atomic mass is 9.81. The molecule has 0 bridgehead atoms. The van der Waals surface area contributed by atoms with Crippen molar-refractivity contribution in [2.45, 2.75) is 39.2 Å². The van der Waals surface area contributed by atoms with Crippen LogP contribution < -0.4 is 4.72 Å². The molecule has 0 spiro atoms. The molecule has 1 N–H and O–H groups in total. The highest BCUT2D eigenvalue weighted by Crippen LogP contribution is 2.29. The molecule has 1 saturated carbocycles. The van der Waals surface area contributed by atoms with Crippen LogP contribution in [0.15, 0.2) is 0 Å². The van der Waals surface area contributed by atoms with Crippen molar-refractivity contribution < 1.29 is 8.42 Å². The highest BCUT2D eigenvalue weighted by molar-refractivity contribution is 7.89. The summed E-state index contributed by atoms with van der Waals surface area (Å²) in [5, 5.41) is 0. The third kappa shape index (κ3) is 4.29. The van der Waals surface area contributed by atoms with Crippen molar-refractivity contribution in [2.24, 2.45) is 11.8 Å². The molecule has 1 aliphatic rings. The Hall–Kier alpha value is 0.200. The number of sulfonamides is 1. The first-order chi connectivity index (χ1) is 6.94. The minimum Gasteiger partial charge on any atom is -0.212 e. The Morgan fingerprint density at radius 2 is 2.00 bits per heavy atom. The zero-order valence-corrected chi connectivity index (χ0v) is 10.9. The van der Waals surface area contributed by atoms with Crippen molar-refractivity contribution in [3.05, 3.63) is 0 Å². The summed E-state index contributed by atoms with van der Waals surface area (Å²) in [4.78, 5) is 0. The van der Waals surface area contributed by atoms with Gasteiger partial charge in [0.15, 0.2) is 0 Å². The molecule has 0 aliphatic heterocycles. The molecule has 0 radical (unpaired) electrons. The summed E-state index contributed by atoms with van der Waals surface area (Å²) in [7, 11) is -3.15. The van der Waals surface area contributed by atoms with Crippen LogP contribution in [0.1, 0.15) is 33.1 Å². The summed E-state index contributed by atoms with van der Waals surface area (Å²) in [5.41, 5.74) is 0. The molecule has 0 aromatic heterocycles. The summed E-state index contributed by atoms with van der Waals surface area (Å²) < 4.78 is 26.1. The Balaban J connectivity index is 2.40. The van der Waals surface area contributed by atoms with E-state index < -0.39 is 10.0 Å². The van der Waals surface area contributed by atoms with E-state index >= 15 is 0 Å². The standard InChI is InChI=1S/C10H20ClNO2S/c1-8(6-11)7-15(13,14)12-9(2)10-4-3-5-10/h8-10,12H,3-7H2,1-2H3. The number of nitrogens with one attached hydrogen (secondary N) is 1. The lowest BCUT2D eigenvalue weighted by Crippen LogP contribution is -2.42. The number of rotatable bonds is 6. The van der Waals surface area contributed by atoms with Gasteiger partial charge in [-0.3, -0.25) is 0 Å². The van der Waals surface area contributed by atoms with Gasteiger partial charge < -0.3 is 0 Å². The minimum absolute atomic E-state index is 0.0118. The van der Waals surface area contributed by atoms with Gasteiger partial charge in [0.25, 0.3) is 0 Å². The second-order valence-corrected chi connectivity index (χ2v) is 6.75. The van der Waals surface area contributed by atoms with Gasteiger partial charge in [-0.05, 0) is 31.6 Å². The first kappa shape index (κ1) is 13.3. The first-order valence-electron chi connectivity index (χ1n) is 5.50. The minimum atomic E-state index is -3.15. The fourth-order valence-corrected chi connectivity index (χ4v) is 3.75. The molecular formula is C10H20ClNO2S. The molecule has 5 heteroatoms. The van der Waals surface area contributed by atoms with Crippen molar-refractivity contribution in [2.75, 3.05) is 11.6 Å². The quantitative estimate of drug-likeness (QED) is 0.736. The van der Waals surface area contributed by atoms with Gasteiger partial charge in [-0.2, -0.15) is 0 Å². The molecule has 0 saturated heterocycles. The molecule has 2 unspecified atom stereocenters. The van der Waals surface area contributed by atoms with Crippen LogP contribution in [0.5, 0.6) is 0 Å². The van der Waals surface area contributed by atoms with Crippen molar-refractivity contribution >= 4 is 21.6 Å². The van der Waals surface area contributed by atoms with Crippen LogP contribution in [-0.2, 0) is 10.0 Å². The third-order valence-corrected chi connectivity index (χ3v) is 5.26. The van der Waals surface area contributed by atoms with Crippen molar-refractivity contribution in [3.63, 3.8) is 0 Å². The van der Waals surface area contributed by atoms with E-state index in [9.17, 15) is 8.42 Å². The van der Waals surface area contributed by atoms with Gasteiger partial charge in [0.1, 0.15) is 0 Å². The first-order valence-corrected chi connectivity index (χ1v) is 7.69. The summed E-state index contributed by atoms with van der Waals surface area (Å²) in [5.74, 6) is 1.07. The van der Waals surface area contributed by atoms with E-state index in [-0.39, 0.29) is 17.7 Å². The Kier molecular flexibility index (Phi) is 4.87. The Labute approximate surface area is 97.6 Å². The normalized spacial score (nSPS) is 22.1. The lowest BCUT2D eigenvalue weighted by Gasteiger charge is -2.31. The SMILES string of the molecule is CC(CCl)CS(=O)(=O)NC(C)C1CCC1. The van der Waals surface area contributed by atoms with Crippen molar-refractivity contribution in [3.8, 4) is 0 Å². The summed E-state index contributed by atoms with van der Waals surface area (Å²) in [6, 6.07) is 0.0753. The Bertz CT molecular complexity index is 288. The number of hydrogen-bond acceptors (Lipinski definition) is 2. The smallest absolute Gasteiger partial charge is 0.212 e. The van der Waals surface area contributed by atoms with Gasteiger partial charge in [0.2, 0.25) is 10.0 Å². The maximum Gasteiger partial charge on any atom is 0.212 e. The third-order valence-electron chi connectivity index (χ3n) is 2.99. The molecule has 0 aromatic carbocycles. The van der Waals surface area contributed by atoms with E-state index in [1.807, 2.05) is 13.8 Å². The van der Waals surface area contributed by atoms with E-state index in [1.54, 1.807) is 0 Å². The monoisotopic (exact) mass is 253 g/mol. The van der Waals surface area contributed by atoms with Gasteiger partial charge in [0.05, 0.1) is 5.75 Å². The van der Waals surface area contributed by atoms with Gasteiger partial charge >= 0.3 is 0 Å². The topological polar surface area (TPSA) is 46.2 Å². The summed E-state index contributed by atoms with van der Waals surface area (Å²) in [6.45, 7) is 3.80. The van der Waals surface area contributed by atoms with Crippen LogP contribution in [-0.4, -0.2) is 26.1 Å². The van der Waals surface area contributed by atoms with Gasteiger partial charge in [0, 0.05) is 11.9 Å². The average Bonchev–Trinajstić information content (AvgIpc) is 1.98. The Morgan fingerprint density at radius 3 is 2.40 bits per heavy atom. The second-order valence-electron chi connectivity index (χ2n) is 4.64. The fourth-order valence-electron chi connectivity index (χ4n) is 1.79. The molecule has 2 atom stereocenters. The van der Waals surface area contributed by atoms with Crippen LogP contribution >= 0.6 is 11.6 Å². The van der Waals surface area contributed by atoms with E-state index in [4.69, 9.17) is 11.6 Å². The van der Waals surface area contributed by atoms with Crippen LogP contribution in [0.3, 0.4) is 0 Å². The fraction of sp³-hybridized carbons (Fsp3) is 1.00. The Morgan fingerprint density at radius 1 is 1.40 bits per heavy atom. The van der Waals surface area contributed by atoms with Gasteiger partial charge in [-0.25, -0.2) is 13.1 Å². The van der Waals surface area contributed by atoms with Gasteiger partial charge in [-0.1, -0.05) is 13.3 Å². The van der Waals surface area contributed by atoms with E-state index in [1.165, 1.54) is 6.42 Å². The number of alkyl halides is 1. The molecule has 1 fully saturated rings. The van der Waals surface area contributed by atoms with Crippen LogP contribution in [0.4, 0.5) is 0 Å². The maximum atomic E-state index is 11.7. The van der Waals surface area contributed by atoms with E-state index in [0.29, 0.717) is 11.8 Å². The van der Waals surface area contributed by atoms with Crippen molar-refractivity contribution in [1.82, 2.24) is 4.72 Å². The molecule has 15 heavy (non-hydrogen) atoms. The summed E-state index contributed by atoms with van der Waals surface area (Å²) >= 11 is 5.60. The maximum absolute atomic E-state index is 11.7. The van der Waals surface area contributed by atoms with E-state index in [0.717, 1.165) is 12.8 Å². The highest BCUT2D eigenvalue weighted by Gasteiger charge is 2.27. The molecule has 0 amide bonds. The van der Waals surface area contributed by atoms with Crippen LogP contribution in [0, 0.1) is 11.8 Å². The predicted molar refractivity (Wildman–Crippen MR) is 63.6 cm³/mol. The zero-order valence-electron chi connectivity index (χ0n) is 9.37. The number of halogens is 1. The molecule has 1 aliphatic carbocycles. The molecule has 3 nitrogen and oxygen atoms in total. The largest absolute Gasteiger partial charge is 0.212 e. The second kappa shape index (κ2) is 5.51. The molecule has 1 rings (SSSR count). The zero-order chi connectivity index (χ0) is 11.5. The lowest BCUT2D eigenvalue weighted by molar-refractivity contribution is 0.260. The molecule has 0 aromatic rings. The molecule has 0 heterocycles. The van der Waals surface area contributed by atoms with Crippen LogP contribution in [0.25, 0.3) is 0 Å². The van der Waals surface area contributed by atoms with E-state index in [2.05, 4.69) is 4.72 Å². The highest BCUT2D eigenvalue weighted by atomic mass is 35.5. The molecule has 90 valence electrons.